The molecule has 0 saturated heterocycles. The van der Waals surface area contributed by atoms with E-state index < -0.39 is 0 Å². The van der Waals surface area contributed by atoms with Gasteiger partial charge in [-0.3, -0.25) is 4.90 Å². The van der Waals surface area contributed by atoms with Gasteiger partial charge in [-0.05, 0) is 47.6 Å². The van der Waals surface area contributed by atoms with Gasteiger partial charge in [0.05, 0.1) is 12.6 Å². The zero-order valence-electron chi connectivity index (χ0n) is 12.9. The molecule has 2 saturated carbocycles. The highest BCUT2D eigenvalue weighted by Gasteiger charge is 2.29. The molecule has 2 fully saturated rings. The van der Waals surface area contributed by atoms with Crippen LogP contribution in [0.1, 0.15) is 49.5 Å². The van der Waals surface area contributed by atoms with Gasteiger partial charge in [0.15, 0.2) is 5.82 Å². The van der Waals surface area contributed by atoms with Crippen LogP contribution in [-0.4, -0.2) is 31.7 Å². The van der Waals surface area contributed by atoms with E-state index in [1.165, 1.54) is 37.7 Å². The van der Waals surface area contributed by atoms with Crippen LogP contribution in [-0.2, 0) is 13.1 Å². The van der Waals surface area contributed by atoms with Gasteiger partial charge in [0.25, 0.3) is 0 Å². The molecule has 0 unspecified atom stereocenters. The van der Waals surface area contributed by atoms with Crippen LogP contribution in [0.5, 0.6) is 0 Å². The molecule has 1 aromatic heterocycles. The van der Waals surface area contributed by atoms with E-state index in [2.05, 4.69) is 50.8 Å². The Morgan fingerprint density at radius 3 is 2.55 bits per heavy atom. The highest BCUT2D eigenvalue weighted by Crippen LogP contribution is 2.35. The Kier molecular flexibility index (Phi) is 3.89. The highest BCUT2D eigenvalue weighted by molar-refractivity contribution is 5.14. The van der Waals surface area contributed by atoms with Crippen molar-refractivity contribution in [2.75, 3.05) is 6.54 Å². The molecule has 2 aliphatic carbocycles. The molecule has 5 nitrogen and oxygen atoms in total. The van der Waals surface area contributed by atoms with Crippen LogP contribution >= 0.6 is 0 Å². The molecule has 0 aliphatic heterocycles. The lowest BCUT2D eigenvalue weighted by atomic mass is 9.85. The lowest BCUT2D eigenvalue weighted by Gasteiger charge is -2.32. The highest BCUT2D eigenvalue weighted by atomic mass is 15.6. The van der Waals surface area contributed by atoms with Crippen LogP contribution in [0.25, 0.3) is 0 Å². The smallest absolute Gasteiger partial charge is 0.165 e. The first-order valence-corrected chi connectivity index (χ1v) is 8.41. The number of hydrogen-bond acceptors (Lipinski definition) is 4. The van der Waals surface area contributed by atoms with Gasteiger partial charge in [-0.2, -0.15) is 0 Å². The first-order valence-electron chi connectivity index (χ1n) is 8.41. The molecule has 22 heavy (non-hydrogen) atoms. The maximum atomic E-state index is 4.27. The Balaban J connectivity index is 1.47. The molecular weight excluding hydrogens is 274 g/mol. The Labute approximate surface area is 131 Å². The average Bonchev–Trinajstić information content (AvgIpc) is 3.24. The minimum Gasteiger partial charge on any atom is -0.291 e. The molecule has 0 bridgehead atoms. The minimum atomic E-state index is 0.548. The summed E-state index contributed by atoms with van der Waals surface area (Å²) in [5.41, 5.74) is 1.37. The summed E-state index contributed by atoms with van der Waals surface area (Å²) in [6.45, 7) is 3.00. The number of aromatic nitrogens is 4. The minimum absolute atomic E-state index is 0.548. The molecule has 5 heteroatoms. The van der Waals surface area contributed by atoms with Crippen molar-refractivity contribution in [2.45, 2.75) is 51.2 Å². The standard InChI is InChI=1S/C17H23N5/c1-2-5-14(6-3-1)11-21(12-15-7-4-8-15)13-17-18-19-20-22(17)16-9-10-16/h1-3,5-6,15-16H,4,7-13H2. The molecule has 1 heterocycles. The van der Waals surface area contributed by atoms with E-state index in [1.54, 1.807) is 0 Å². The SMILES string of the molecule is c1ccc(CN(Cc2nnnn2C2CC2)CC2CCC2)cc1. The molecule has 0 amide bonds. The van der Waals surface area contributed by atoms with E-state index >= 15 is 0 Å². The maximum absolute atomic E-state index is 4.27. The lowest BCUT2D eigenvalue weighted by Crippen LogP contribution is -2.32. The monoisotopic (exact) mass is 297 g/mol. The zero-order chi connectivity index (χ0) is 14.8. The summed E-state index contributed by atoms with van der Waals surface area (Å²) < 4.78 is 2.04. The molecule has 0 atom stereocenters. The van der Waals surface area contributed by atoms with E-state index in [1.807, 2.05) is 4.68 Å². The summed E-state index contributed by atoms with van der Waals surface area (Å²) in [6, 6.07) is 11.3. The Morgan fingerprint density at radius 2 is 1.86 bits per heavy atom. The summed E-state index contributed by atoms with van der Waals surface area (Å²) in [6.07, 6.45) is 6.58. The van der Waals surface area contributed by atoms with Crippen molar-refractivity contribution in [1.82, 2.24) is 25.1 Å². The van der Waals surface area contributed by atoms with Crippen molar-refractivity contribution >= 4 is 0 Å². The van der Waals surface area contributed by atoms with Crippen LogP contribution in [0.2, 0.25) is 0 Å². The van der Waals surface area contributed by atoms with E-state index in [4.69, 9.17) is 0 Å². The van der Waals surface area contributed by atoms with Gasteiger partial charge < -0.3 is 0 Å². The number of benzene rings is 1. The van der Waals surface area contributed by atoms with Crippen molar-refractivity contribution in [1.29, 1.82) is 0 Å². The second-order valence-corrected chi connectivity index (χ2v) is 6.72. The Hall–Kier alpha value is -1.75. The van der Waals surface area contributed by atoms with Gasteiger partial charge >= 0.3 is 0 Å². The van der Waals surface area contributed by atoms with E-state index in [9.17, 15) is 0 Å². The molecule has 0 radical (unpaired) electrons. The topological polar surface area (TPSA) is 46.8 Å². The van der Waals surface area contributed by atoms with Gasteiger partial charge in [0.1, 0.15) is 0 Å². The van der Waals surface area contributed by atoms with Gasteiger partial charge in [0.2, 0.25) is 0 Å². The van der Waals surface area contributed by atoms with Crippen LogP contribution < -0.4 is 0 Å². The maximum Gasteiger partial charge on any atom is 0.165 e. The van der Waals surface area contributed by atoms with E-state index in [-0.39, 0.29) is 0 Å². The van der Waals surface area contributed by atoms with Crippen molar-refractivity contribution in [2.24, 2.45) is 5.92 Å². The fourth-order valence-corrected chi connectivity index (χ4v) is 3.19. The predicted octanol–water partition coefficient (Wildman–Crippen LogP) is 2.81. The van der Waals surface area contributed by atoms with Gasteiger partial charge in [-0.25, -0.2) is 4.68 Å². The Bertz CT molecular complexity index is 601. The second-order valence-electron chi connectivity index (χ2n) is 6.72. The van der Waals surface area contributed by atoms with Crippen LogP contribution in [0.4, 0.5) is 0 Å². The van der Waals surface area contributed by atoms with Gasteiger partial charge in [-0.15, -0.1) is 5.10 Å². The summed E-state index contributed by atoms with van der Waals surface area (Å²) in [4.78, 5) is 2.52. The van der Waals surface area contributed by atoms with E-state index in [0.717, 1.165) is 31.4 Å². The van der Waals surface area contributed by atoms with Crippen LogP contribution in [0.15, 0.2) is 30.3 Å². The summed E-state index contributed by atoms with van der Waals surface area (Å²) in [7, 11) is 0. The molecule has 1 aromatic carbocycles. The van der Waals surface area contributed by atoms with E-state index in [0.29, 0.717) is 6.04 Å². The largest absolute Gasteiger partial charge is 0.291 e. The molecule has 116 valence electrons. The normalized spacial score (nSPS) is 18.6. The number of tetrazole rings is 1. The first-order chi connectivity index (χ1) is 10.9. The summed E-state index contributed by atoms with van der Waals surface area (Å²) in [5.74, 6) is 1.88. The third-order valence-electron chi connectivity index (χ3n) is 4.81. The molecule has 2 aliphatic rings. The quantitative estimate of drug-likeness (QED) is 0.788. The number of nitrogens with zero attached hydrogens (tertiary/aromatic N) is 5. The molecule has 0 N–H and O–H groups in total. The third kappa shape index (κ3) is 3.19. The second kappa shape index (κ2) is 6.16. The number of hydrogen-bond donors (Lipinski definition) is 0. The molecule has 4 rings (SSSR count). The van der Waals surface area contributed by atoms with Crippen molar-refractivity contribution in [3.8, 4) is 0 Å². The third-order valence-corrected chi connectivity index (χ3v) is 4.81. The van der Waals surface area contributed by atoms with Crippen LogP contribution in [0.3, 0.4) is 0 Å². The summed E-state index contributed by atoms with van der Waals surface area (Å²) >= 11 is 0. The predicted molar refractivity (Wildman–Crippen MR) is 84.0 cm³/mol. The van der Waals surface area contributed by atoms with Crippen molar-refractivity contribution < 1.29 is 0 Å². The zero-order valence-corrected chi connectivity index (χ0v) is 12.9. The molecular formula is C17H23N5. The summed E-state index contributed by atoms with van der Waals surface area (Å²) in [5, 5.41) is 12.3. The molecule has 0 spiro atoms. The first kappa shape index (κ1) is 13.9. The lowest BCUT2D eigenvalue weighted by molar-refractivity contribution is 0.160. The Morgan fingerprint density at radius 1 is 1.05 bits per heavy atom. The fraction of sp³-hybridized carbons (Fsp3) is 0.588. The average molecular weight is 297 g/mol. The fourth-order valence-electron chi connectivity index (χ4n) is 3.19. The van der Waals surface area contributed by atoms with Gasteiger partial charge in [-0.1, -0.05) is 36.8 Å². The van der Waals surface area contributed by atoms with Gasteiger partial charge in [0, 0.05) is 13.1 Å². The van der Waals surface area contributed by atoms with Crippen molar-refractivity contribution in [3.05, 3.63) is 41.7 Å². The van der Waals surface area contributed by atoms with Crippen LogP contribution in [0, 0.1) is 5.92 Å². The number of rotatable bonds is 7. The molecule has 2 aromatic rings. The van der Waals surface area contributed by atoms with Crippen molar-refractivity contribution in [3.63, 3.8) is 0 Å².